The van der Waals surface area contributed by atoms with Gasteiger partial charge in [0, 0.05) is 0 Å². The second-order valence-electron chi connectivity index (χ2n) is 21.3. The van der Waals surface area contributed by atoms with Crippen molar-refractivity contribution in [1.29, 1.82) is 0 Å². The number of rotatable bonds is 103. The van der Waals surface area contributed by atoms with E-state index in [0.29, 0.717) is 449 Å². The molecule has 638 valence electrons. The summed E-state index contributed by atoms with van der Waals surface area (Å²) in [7, 11) is 0. The summed E-state index contributed by atoms with van der Waals surface area (Å²) < 4.78 is 186. The van der Waals surface area contributed by atoms with Crippen LogP contribution in [0.3, 0.4) is 0 Å². The summed E-state index contributed by atoms with van der Waals surface area (Å²) in [6.45, 7) is 32.4. The molecule has 36 heteroatoms. The van der Waals surface area contributed by atoms with Crippen LogP contribution < -0.4 is 0 Å². The number of ether oxygens (including phenoxy) is 34. The monoisotopic (exact) mass is 1560 g/mol. The van der Waals surface area contributed by atoms with E-state index in [1.165, 1.54) is 0 Å². The fourth-order valence-corrected chi connectivity index (χ4v) is 7.49. The van der Waals surface area contributed by atoms with E-state index in [0.717, 1.165) is 0 Å². The Kier molecular flexibility index (Phi) is 102. The lowest BCUT2D eigenvalue weighted by molar-refractivity contribution is -0.0327. The van der Waals surface area contributed by atoms with Gasteiger partial charge in [-0.2, -0.15) is 0 Å². The molecule has 0 heterocycles. The standard InChI is InChI=1S/C70H142O36/c71-1-3-73-5-7-75-9-11-77-13-15-79-17-19-81-21-23-83-25-27-85-29-31-87-33-35-89-37-39-91-41-43-93-45-47-95-49-51-97-53-55-99-57-59-101-61-63-103-65-67-105-69-70-106-68-66-104-64-62-102-60-58-100-56-54-98-52-50-96-48-46-94-44-42-92-40-38-90-36-34-88-32-30-86-28-26-84-24-22-82-20-18-80-16-14-78-12-10-76-8-6-74-4-2-72/h71-72H,1-70H2. The minimum Gasteiger partial charge on any atom is -0.394 e. The highest BCUT2D eigenvalue weighted by Crippen LogP contribution is 1.94. The van der Waals surface area contributed by atoms with Gasteiger partial charge in [-0.1, -0.05) is 0 Å². The molecule has 0 bridgehead atoms. The van der Waals surface area contributed by atoms with Crippen molar-refractivity contribution >= 4 is 0 Å². The molecule has 0 saturated carbocycles. The molecule has 0 spiro atoms. The van der Waals surface area contributed by atoms with Gasteiger partial charge in [0.25, 0.3) is 0 Å². The summed E-state index contributed by atoms with van der Waals surface area (Å²) in [6.07, 6.45) is 0. The first kappa shape index (κ1) is 105. The average molecular weight is 1560 g/mol. The van der Waals surface area contributed by atoms with E-state index in [1.807, 2.05) is 0 Å². The lowest BCUT2D eigenvalue weighted by Crippen LogP contribution is -2.16. The molecule has 36 nitrogen and oxygen atoms in total. The molecule has 0 aliphatic rings. The third-order valence-corrected chi connectivity index (χ3v) is 12.7. The van der Waals surface area contributed by atoms with Crippen LogP contribution in [0.2, 0.25) is 0 Å². The van der Waals surface area contributed by atoms with E-state index in [-0.39, 0.29) is 13.2 Å². The molecule has 0 saturated heterocycles. The normalized spacial score (nSPS) is 11.8. The molecule has 0 unspecified atom stereocenters. The predicted octanol–water partition coefficient (Wildman–Crippen LogP) is -0.465. The molecule has 106 heavy (non-hydrogen) atoms. The van der Waals surface area contributed by atoms with Crippen LogP contribution in [0.25, 0.3) is 0 Å². The minimum atomic E-state index is 0.0155. The molecular weight excluding hydrogens is 1420 g/mol. The van der Waals surface area contributed by atoms with E-state index in [2.05, 4.69) is 0 Å². The lowest BCUT2D eigenvalue weighted by atomic mass is 10.6. The van der Waals surface area contributed by atoms with Crippen LogP contribution in [0.4, 0.5) is 0 Å². The maximum Gasteiger partial charge on any atom is 0.0701 e. The fraction of sp³-hybridized carbons (Fsp3) is 1.00. The van der Waals surface area contributed by atoms with Crippen LogP contribution in [0.1, 0.15) is 0 Å². The molecule has 0 fully saturated rings. The zero-order valence-electron chi connectivity index (χ0n) is 64.3. The Morgan fingerprint density at radius 3 is 0.142 bits per heavy atom. The summed E-state index contributed by atoms with van der Waals surface area (Å²) in [4.78, 5) is 0. The molecule has 0 aliphatic carbocycles. The van der Waals surface area contributed by atoms with Crippen molar-refractivity contribution in [2.75, 3.05) is 462 Å². The van der Waals surface area contributed by atoms with Crippen LogP contribution >= 0.6 is 0 Å². The van der Waals surface area contributed by atoms with Gasteiger partial charge in [-0.3, -0.25) is 0 Å². The van der Waals surface area contributed by atoms with Crippen molar-refractivity contribution < 1.29 is 171 Å². The highest BCUT2D eigenvalue weighted by molar-refractivity contribution is 4.46. The van der Waals surface area contributed by atoms with E-state index in [4.69, 9.17) is 171 Å². The second-order valence-corrected chi connectivity index (χ2v) is 21.3. The molecule has 0 aromatic rings. The number of hydrogen-bond acceptors (Lipinski definition) is 36. The average Bonchev–Trinajstić information content (AvgIpc) is 3.85. The number of aliphatic hydroxyl groups is 2. The van der Waals surface area contributed by atoms with E-state index in [9.17, 15) is 0 Å². The quantitative estimate of drug-likeness (QED) is 0.0727. The molecule has 0 amide bonds. The summed E-state index contributed by atoms with van der Waals surface area (Å²) in [5.74, 6) is 0. The Morgan fingerprint density at radius 2 is 0.104 bits per heavy atom. The Morgan fingerprint density at radius 1 is 0.0660 bits per heavy atom. The second kappa shape index (κ2) is 104. The van der Waals surface area contributed by atoms with Crippen molar-refractivity contribution in [3.8, 4) is 0 Å². The lowest BCUT2D eigenvalue weighted by Gasteiger charge is -2.09. The molecule has 0 rings (SSSR count). The topological polar surface area (TPSA) is 354 Å². The fourth-order valence-electron chi connectivity index (χ4n) is 7.49. The highest BCUT2D eigenvalue weighted by atomic mass is 16.6. The van der Waals surface area contributed by atoms with Gasteiger partial charge in [0.05, 0.1) is 462 Å². The van der Waals surface area contributed by atoms with Crippen molar-refractivity contribution in [2.45, 2.75) is 0 Å². The summed E-state index contributed by atoms with van der Waals surface area (Å²) in [5.41, 5.74) is 0. The Hall–Kier alpha value is -1.44. The first-order valence-electron chi connectivity index (χ1n) is 37.8. The summed E-state index contributed by atoms with van der Waals surface area (Å²) >= 11 is 0. The maximum absolute atomic E-state index is 8.62. The van der Waals surface area contributed by atoms with Crippen molar-refractivity contribution in [2.24, 2.45) is 0 Å². The highest BCUT2D eigenvalue weighted by Gasteiger charge is 2.03. The molecule has 0 radical (unpaired) electrons. The summed E-state index contributed by atoms with van der Waals surface area (Å²) in [5, 5.41) is 17.2. The van der Waals surface area contributed by atoms with Crippen LogP contribution in [0.15, 0.2) is 0 Å². The van der Waals surface area contributed by atoms with Crippen LogP contribution in [0, 0.1) is 0 Å². The van der Waals surface area contributed by atoms with Crippen molar-refractivity contribution in [3.63, 3.8) is 0 Å². The minimum absolute atomic E-state index is 0.0155. The third kappa shape index (κ3) is 103. The smallest absolute Gasteiger partial charge is 0.0701 e. The van der Waals surface area contributed by atoms with Gasteiger partial charge in [-0.25, -0.2) is 0 Å². The predicted molar refractivity (Wildman–Crippen MR) is 382 cm³/mol. The van der Waals surface area contributed by atoms with E-state index in [1.54, 1.807) is 0 Å². The van der Waals surface area contributed by atoms with Gasteiger partial charge >= 0.3 is 0 Å². The zero-order valence-corrected chi connectivity index (χ0v) is 64.3. The SMILES string of the molecule is OCCOCCOCCOCCOCCOCCOCCOCCOCCOCCOCCOCCOCCOCCOCCOCCOCCOCCOCCOCCOCCOCCOCCOCCOCCOCCOCCOCCOCCOCCOCCOCCOCCOCCOCCO. The van der Waals surface area contributed by atoms with E-state index >= 15 is 0 Å². The van der Waals surface area contributed by atoms with Crippen molar-refractivity contribution in [1.82, 2.24) is 0 Å². The first-order chi connectivity index (χ1) is 52.9. The largest absolute Gasteiger partial charge is 0.394 e. The Balaban J connectivity index is 3.09. The summed E-state index contributed by atoms with van der Waals surface area (Å²) in [6, 6.07) is 0. The van der Waals surface area contributed by atoms with Crippen molar-refractivity contribution in [3.05, 3.63) is 0 Å². The van der Waals surface area contributed by atoms with Gasteiger partial charge in [0.2, 0.25) is 0 Å². The van der Waals surface area contributed by atoms with Gasteiger partial charge in [-0.05, 0) is 0 Å². The van der Waals surface area contributed by atoms with Gasteiger partial charge in [0.1, 0.15) is 0 Å². The van der Waals surface area contributed by atoms with Crippen LogP contribution in [-0.4, -0.2) is 473 Å². The van der Waals surface area contributed by atoms with Gasteiger partial charge in [-0.15, -0.1) is 0 Å². The molecule has 0 aromatic heterocycles. The van der Waals surface area contributed by atoms with E-state index < -0.39 is 0 Å². The Labute approximate surface area is 631 Å². The molecule has 0 atom stereocenters. The van der Waals surface area contributed by atoms with Gasteiger partial charge < -0.3 is 171 Å². The van der Waals surface area contributed by atoms with Gasteiger partial charge in [0.15, 0.2) is 0 Å². The molecular formula is C70H142O36. The number of aliphatic hydroxyl groups excluding tert-OH is 2. The van der Waals surface area contributed by atoms with Crippen LogP contribution in [0.5, 0.6) is 0 Å². The first-order valence-corrected chi connectivity index (χ1v) is 37.8. The molecule has 2 N–H and O–H groups in total. The third-order valence-electron chi connectivity index (χ3n) is 12.7. The zero-order chi connectivity index (χ0) is 75.5. The maximum atomic E-state index is 8.62. The van der Waals surface area contributed by atoms with Crippen LogP contribution in [-0.2, 0) is 161 Å². The molecule has 0 aromatic carbocycles. The number of hydrogen-bond donors (Lipinski definition) is 2. The Bertz CT molecular complexity index is 1380. The molecule has 0 aliphatic heterocycles.